The Morgan fingerprint density at radius 1 is 0.625 bits per heavy atom. The third-order valence-corrected chi connectivity index (χ3v) is 3.83. The monoisotopic (exact) mass is 333 g/mol. The number of aromatic nitrogens is 2. The molecule has 0 aliphatic rings. The highest BCUT2D eigenvalue weighted by molar-refractivity contribution is 6.01. The van der Waals surface area contributed by atoms with E-state index in [-0.39, 0.29) is 12.4 Å². The van der Waals surface area contributed by atoms with Gasteiger partial charge in [-0.2, -0.15) is 0 Å². The number of nitrogens with zero attached hydrogens (tertiary/aromatic N) is 2. The van der Waals surface area contributed by atoms with Gasteiger partial charge in [0, 0.05) is 22.2 Å². The van der Waals surface area contributed by atoms with E-state index < -0.39 is 0 Å². The van der Waals surface area contributed by atoms with E-state index in [1.54, 1.807) is 0 Å². The summed E-state index contributed by atoms with van der Waals surface area (Å²) in [5.41, 5.74) is 10.7. The minimum absolute atomic E-state index is 0. The van der Waals surface area contributed by atoms with Gasteiger partial charge >= 0.3 is 0 Å². The molecular weight excluding hydrogens is 318 g/mol. The van der Waals surface area contributed by atoms with Crippen LogP contribution in [0.2, 0.25) is 0 Å². The average Bonchev–Trinajstić information content (AvgIpc) is 2.62. The molecule has 0 radical (unpaired) electrons. The largest absolute Gasteiger partial charge is 0.398 e. The number of nitrogens with two attached hydrogens (primary N) is 1. The molecule has 2 N–H and O–H groups in total. The summed E-state index contributed by atoms with van der Waals surface area (Å²) in [6.07, 6.45) is 0. The molecule has 0 fully saturated rings. The summed E-state index contributed by atoms with van der Waals surface area (Å²) in [5.74, 6) is 0.711. The molecule has 118 valence electrons. The number of halogens is 1. The summed E-state index contributed by atoms with van der Waals surface area (Å²) in [5, 5.41) is 0.901. The molecular formula is C20H16ClN3. The van der Waals surface area contributed by atoms with Crippen molar-refractivity contribution in [3.8, 4) is 22.6 Å². The van der Waals surface area contributed by atoms with Gasteiger partial charge in [0.05, 0.1) is 11.2 Å². The van der Waals surface area contributed by atoms with E-state index in [1.807, 2.05) is 78.9 Å². The molecule has 0 bridgehead atoms. The molecule has 0 amide bonds. The van der Waals surface area contributed by atoms with Gasteiger partial charge in [-0.05, 0) is 12.1 Å². The molecule has 0 atom stereocenters. The van der Waals surface area contributed by atoms with E-state index in [2.05, 4.69) is 0 Å². The van der Waals surface area contributed by atoms with E-state index >= 15 is 0 Å². The normalized spacial score (nSPS) is 10.3. The summed E-state index contributed by atoms with van der Waals surface area (Å²) in [6.45, 7) is 0. The van der Waals surface area contributed by atoms with E-state index in [9.17, 15) is 0 Å². The summed E-state index contributed by atoms with van der Waals surface area (Å²) >= 11 is 0. The maximum Gasteiger partial charge on any atom is 0.160 e. The van der Waals surface area contributed by atoms with Crippen LogP contribution in [0.5, 0.6) is 0 Å². The molecule has 0 aliphatic heterocycles. The second kappa shape index (κ2) is 6.69. The number of fused-ring (bicyclic) bond motifs is 1. The molecule has 3 nitrogen and oxygen atoms in total. The Bertz CT molecular complexity index is 970. The zero-order valence-corrected chi connectivity index (χ0v) is 13.7. The third kappa shape index (κ3) is 2.82. The minimum Gasteiger partial charge on any atom is -0.398 e. The van der Waals surface area contributed by atoms with Crippen molar-refractivity contribution in [3.05, 3.63) is 78.9 Å². The van der Waals surface area contributed by atoms with Gasteiger partial charge in [-0.3, -0.25) is 0 Å². The Kier molecular flexibility index (Phi) is 4.45. The third-order valence-electron chi connectivity index (χ3n) is 3.83. The van der Waals surface area contributed by atoms with Crippen LogP contribution in [0.4, 0.5) is 5.69 Å². The fourth-order valence-electron chi connectivity index (χ4n) is 2.73. The van der Waals surface area contributed by atoms with Crippen LogP contribution in [0.1, 0.15) is 0 Å². The molecule has 3 aromatic carbocycles. The molecule has 4 heteroatoms. The van der Waals surface area contributed by atoms with E-state index in [1.165, 1.54) is 0 Å². The molecule has 24 heavy (non-hydrogen) atoms. The predicted octanol–water partition coefficient (Wildman–Crippen LogP) is 4.97. The first-order valence-corrected chi connectivity index (χ1v) is 7.50. The van der Waals surface area contributed by atoms with Gasteiger partial charge in [0.25, 0.3) is 0 Å². The number of nitrogen functional groups attached to an aromatic ring is 1. The zero-order valence-electron chi connectivity index (χ0n) is 12.9. The quantitative estimate of drug-likeness (QED) is 0.527. The van der Waals surface area contributed by atoms with Crippen LogP contribution < -0.4 is 5.73 Å². The van der Waals surface area contributed by atoms with Crippen molar-refractivity contribution in [2.24, 2.45) is 0 Å². The Morgan fingerprint density at radius 3 is 1.92 bits per heavy atom. The number of rotatable bonds is 2. The molecule has 1 heterocycles. The Hall–Kier alpha value is -2.91. The van der Waals surface area contributed by atoms with Crippen molar-refractivity contribution in [1.29, 1.82) is 0 Å². The van der Waals surface area contributed by atoms with E-state index in [0.29, 0.717) is 11.5 Å². The van der Waals surface area contributed by atoms with Crippen molar-refractivity contribution in [2.45, 2.75) is 0 Å². The van der Waals surface area contributed by atoms with Crippen molar-refractivity contribution in [3.63, 3.8) is 0 Å². The molecule has 0 aliphatic carbocycles. The minimum atomic E-state index is 0. The molecule has 0 saturated carbocycles. The Morgan fingerprint density at radius 2 is 1.25 bits per heavy atom. The Balaban J connectivity index is 0.00000169. The smallest absolute Gasteiger partial charge is 0.160 e. The predicted molar refractivity (Wildman–Crippen MR) is 102 cm³/mol. The van der Waals surface area contributed by atoms with E-state index in [0.717, 1.165) is 27.7 Å². The van der Waals surface area contributed by atoms with Crippen molar-refractivity contribution in [1.82, 2.24) is 9.97 Å². The fourth-order valence-corrected chi connectivity index (χ4v) is 2.73. The van der Waals surface area contributed by atoms with Crippen molar-refractivity contribution in [2.75, 3.05) is 5.73 Å². The van der Waals surface area contributed by atoms with Gasteiger partial charge in [0.15, 0.2) is 5.82 Å². The second-order valence-electron chi connectivity index (χ2n) is 5.37. The molecule has 0 saturated heterocycles. The fraction of sp³-hybridized carbons (Fsp3) is 0. The maximum absolute atomic E-state index is 6.20. The van der Waals surface area contributed by atoms with E-state index in [4.69, 9.17) is 15.7 Å². The molecule has 0 unspecified atom stereocenters. The number of anilines is 1. The maximum atomic E-state index is 6.20. The molecule has 4 rings (SSSR count). The highest BCUT2D eigenvalue weighted by Crippen LogP contribution is 2.32. The standard InChI is InChI=1S/C20H15N3.ClH/c21-16-12-7-13-17-18(16)19(14-8-3-1-4-9-14)23-20(22-17)15-10-5-2-6-11-15;/h1-13H,21H2;1H. The lowest BCUT2D eigenvalue weighted by molar-refractivity contribution is 1.23. The lowest BCUT2D eigenvalue weighted by Crippen LogP contribution is -1.98. The van der Waals surface area contributed by atoms with Crippen LogP contribution >= 0.6 is 12.4 Å². The highest BCUT2D eigenvalue weighted by atomic mass is 35.5. The van der Waals surface area contributed by atoms with Crippen molar-refractivity contribution < 1.29 is 0 Å². The van der Waals surface area contributed by atoms with Gasteiger partial charge in [0.1, 0.15) is 0 Å². The lowest BCUT2D eigenvalue weighted by Gasteiger charge is -2.11. The highest BCUT2D eigenvalue weighted by Gasteiger charge is 2.13. The van der Waals surface area contributed by atoms with Gasteiger partial charge in [-0.1, -0.05) is 66.7 Å². The summed E-state index contributed by atoms with van der Waals surface area (Å²) in [7, 11) is 0. The van der Waals surface area contributed by atoms with Crippen LogP contribution in [0.15, 0.2) is 78.9 Å². The Labute approximate surface area is 146 Å². The first kappa shape index (κ1) is 16.0. The summed E-state index contributed by atoms with van der Waals surface area (Å²) < 4.78 is 0. The number of hydrogen-bond donors (Lipinski definition) is 1. The van der Waals surface area contributed by atoms with Gasteiger partial charge in [-0.15, -0.1) is 12.4 Å². The van der Waals surface area contributed by atoms with Gasteiger partial charge in [-0.25, -0.2) is 9.97 Å². The van der Waals surface area contributed by atoms with Crippen LogP contribution in [0.25, 0.3) is 33.5 Å². The molecule has 0 spiro atoms. The first-order chi connectivity index (χ1) is 11.3. The summed E-state index contributed by atoms with van der Waals surface area (Å²) in [4.78, 5) is 9.51. The van der Waals surface area contributed by atoms with Crippen LogP contribution in [-0.4, -0.2) is 9.97 Å². The number of hydrogen-bond acceptors (Lipinski definition) is 3. The molecule has 4 aromatic rings. The SMILES string of the molecule is Cl.Nc1cccc2nc(-c3ccccc3)nc(-c3ccccc3)c12. The van der Waals surface area contributed by atoms with Crippen LogP contribution in [0.3, 0.4) is 0 Å². The first-order valence-electron chi connectivity index (χ1n) is 7.50. The van der Waals surface area contributed by atoms with Crippen LogP contribution in [-0.2, 0) is 0 Å². The topological polar surface area (TPSA) is 51.8 Å². The summed E-state index contributed by atoms with van der Waals surface area (Å²) in [6, 6.07) is 25.9. The number of benzene rings is 3. The van der Waals surface area contributed by atoms with Gasteiger partial charge < -0.3 is 5.73 Å². The van der Waals surface area contributed by atoms with Crippen LogP contribution in [0, 0.1) is 0 Å². The molecule has 1 aromatic heterocycles. The zero-order chi connectivity index (χ0) is 15.6. The second-order valence-corrected chi connectivity index (χ2v) is 5.37. The lowest BCUT2D eigenvalue weighted by atomic mass is 10.0. The average molecular weight is 334 g/mol. The van der Waals surface area contributed by atoms with Crippen molar-refractivity contribution >= 4 is 29.0 Å². The van der Waals surface area contributed by atoms with Gasteiger partial charge in [0.2, 0.25) is 0 Å².